The summed E-state index contributed by atoms with van der Waals surface area (Å²) in [4.78, 5) is 15.1. The summed E-state index contributed by atoms with van der Waals surface area (Å²) >= 11 is 0. The summed E-state index contributed by atoms with van der Waals surface area (Å²) in [5.41, 5.74) is 3.11. The summed E-state index contributed by atoms with van der Waals surface area (Å²) in [6, 6.07) is 3.67. The molecular weight excluding hydrogens is 194 g/mol. The lowest BCUT2D eigenvalue weighted by Crippen LogP contribution is -2.30. The van der Waals surface area contributed by atoms with Gasteiger partial charge in [0.05, 0.1) is 7.11 Å². The zero-order valence-electron chi connectivity index (χ0n) is 8.86. The molecule has 0 aliphatic heterocycles. The molecule has 0 saturated carbocycles. The SMILES string of the molecule is COc1cc(C(C)CC(=O)NN)ccn1. The maximum atomic E-state index is 11.1. The van der Waals surface area contributed by atoms with E-state index in [0.717, 1.165) is 5.56 Å². The Balaban J connectivity index is 2.72. The van der Waals surface area contributed by atoms with Crippen molar-refractivity contribution < 1.29 is 9.53 Å². The van der Waals surface area contributed by atoms with Gasteiger partial charge in [0.25, 0.3) is 0 Å². The molecule has 0 aliphatic rings. The van der Waals surface area contributed by atoms with Gasteiger partial charge in [0.2, 0.25) is 11.8 Å². The van der Waals surface area contributed by atoms with E-state index in [1.165, 1.54) is 0 Å². The second-order valence-corrected chi connectivity index (χ2v) is 3.30. The van der Waals surface area contributed by atoms with Gasteiger partial charge < -0.3 is 4.74 Å². The second-order valence-electron chi connectivity index (χ2n) is 3.30. The first kappa shape index (κ1) is 11.5. The largest absolute Gasteiger partial charge is 0.481 e. The zero-order valence-corrected chi connectivity index (χ0v) is 8.86. The van der Waals surface area contributed by atoms with Crippen LogP contribution in [0.4, 0.5) is 0 Å². The topological polar surface area (TPSA) is 77.2 Å². The third kappa shape index (κ3) is 3.21. The quantitative estimate of drug-likeness (QED) is 0.432. The number of nitrogens with two attached hydrogens (primary N) is 1. The molecule has 0 spiro atoms. The van der Waals surface area contributed by atoms with E-state index in [2.05, 4.69) is 10.4 Å². The molecular formula is C10H15N3O2. The fraction of sp³-hybridized carbons (Fsp3) is 0.400. The summed E-state index contributed by atoms with van der Waals surface area (Å²) in [5, 5.41) is 0. The van der Waals surface area contributed by atoms with Crippen molar-refractivity contribution in [2.45, 2.75) is 19.3 Å². The predicted octanol–water partition coefficient (Wildman–Crippen LogP) is 0.574. The average Bonchev–Trinajstić information content (AvgIpc) is 2.28. The Hall–Kier alpha value is -1.62. The molecule has 3 N–H and O–H groups in total. The lowest BCUT2D eigenvalue weighted by molar-refractivity contribution is -0.121. The molecule has 0 aliphatic carbocycles. The van der Waals surface area contributed by atoms with E-state index in [9.17, 15) is 4.79 Å². The Bertz CT molecular complexity index is 341. The molecule has 1 rings (SSSR count). The van der Waals surface area contributed by atoms with Crippen molar-refractivity contribution in [1.82, 2.24) is 10.4 Å². The van der Waals surface area contributed by atoms with Crippen LogP contribution in [-0.2, 0) is 4.79 Å². The molecule has 1 aromatic rings. The summed E-state index contributed by atoms with van der Waals surface area (Å²) in [5.74, 6) is 5.47. The highest BCUT2D eigenvalue weighted by Gasteiger charge is 2.11. The van der Waals surface area contributed by atoms with E-state index in [4.69, 9.17) is 10.6 Å². The number of ether oxygens (including phenoxy) is 1. The lowest BCUT2D eigenvalue weighted by Gasteiger charge is -2.11. The highest BCUT2D eigenvalue weighted by Crippen LogP contribution is 2.21. The van der Waals surface area contributed by atoms with Crippen LogP contribution >= 0.6 is 0 Å². The Labute approximate surface area is 88.6 Å². The van der Waals surface area contributed by atoms with Gasteiger partial charge in [0, 0.05) is 18.7 Å². The maximum Gasteiger partial charge on any atom is 0.234 e. The number of pyridine rings is 1. The Kier molecular flexibility index (Phi) is 4.05. The number of nitrogens with zero attached hydrogens (tertiary/aromatic N) is 1. The standard InChI is InChI=1S/C10H15N3O2/c1-7(5-9(14)13-11)8-3-4-12-10(6-8)15-2/h3-4,6-7H,5,11H2,1-2H3,(H,13,14). The number of hydrazine groups is 1. The molecule has 0 bridgehead atoms. The fourth-order valence-corrected chi connectivity index (χ4v) is 1.30. The number of amides is 1. The van der Waals surface area contributed by atoms with Gasteiger partial charge in [0.1, 0.15) is 0 Å². The first-order valence-electron chi connectivity index (χ1n) is 4.66. The van der Waals surface area contributed by atoms with E-state index < -0.39 is 0 Å². The van der Waals surface area contributed by atoms with Gasteiger partial charge in [-0.15, -0.1) is 0 Å². The van der Waals surface area contributed by atoms with Crippen LogP contribution in [0, 0.1) is 0 Å². The third-order valence-electron chi connectivity index (χ3n) is 2.19. The van der Waals surface area contributed by atoms with E-state index in [-0.39, 0.29) is 11.8 Å². The highest BCUT2D eigenvalue weighted by atomic mass is 16.5. The van der Waals surface area contributed by atoms with Gasteiger partial charge in [-0.05, 0) is 17.5 Å². The third-order valence-corrected chi connectivity index (χ3v) is 2.19. The van der Waals surface area contributed by atoms with Crippen LogP contribution in [0.15, 0.2) is 18.3 Å². The smallest absolute Gasteiger partial charge is 0.234 e. The number of hydrogen-bond donors (Lipinski definition) is 2. The molecule has 0 aromatic carbocycles. The minimum absolute atomic E-state index is 0.0884. The minimum atomic E-state index is -0.182. The van der Waals surface area contributed by atoms with Gasteiger partial charge >= 0.3 is 0 Å². The number of nitrogens with one attached hydrogen (secondary N) is 1. The Morgan fingerprint density at radius 2 is 2.47 bits per heavy atom. The molecule has 1 atom stereocenters. The molecule has 0 saturated heterocycles. The van der Waals surface area contributed by atoms with E-state index in [1.54, 1.807) is 13.3 Å². The van der Waals surface area contributed by atoms with Crippen LogP contribution in [0.5, 0.6) is 5.88 Å². The van der Waals surface area contributed by atoms with Gasteiger partial charge in [-0.1, -0.05) is 6.92 Å². The maximum absolute atomic E-state index is 11.1. The predicted molar refractivity (Wildman–Crippen MR) is 56.2 cm³/mol. The van der Waals surface area contributed by atoms with Crippen molar-refractivity contribution in [1.29, 1.82) is 0 Å². The van der Waals surface area contributed by atoms with Gasteiger partial charge in [-0.25, -0.2) is 10.8 Å². The second kappa shape index (κ2) is 5.31. The number of carbonyl (C=O) groups excluding carboxylic acids is 1. The monoisotopic (exact) mass is 209 g/mol. The van der Waals surface area contributed by atoms with E-state index in [1.807, 2.05) is 19.1 Å². The summed E-state index contributed by atoms with van der Waals surface area (Å²) in [6.45, 7) is 1.95. The van der Waals surface area contributed by atoms with Crippen LogP contribution in [0.25, 0.3) is 0 Å². The normalized spacial score (nSPS) is 11.9. The molecule has 1 aromatic heterocycles. The summed E-state index contributed by atoms with van der Waals surface area (Å²) < 4.78 is 5.00. The average molecular weight is 209 g/mol. The number of rotatable bonds is 4. The molecule has 5 heteroatoms. The molecule has 15 heavy (non-hydrogen) atoms. The lowest BCUT2D eigenvalue weighted by atomic mass is 9.99. The van der Waals surface area contributed by atoms with Gasteiger partial charge in [-0.3, -0.25) is 10.2 Å². The fourth-order valence-electron chi connectivity index (χ4n) is 1.30. The van der Waals surface area contributed by atoms with Crippen molar-refractivity contribution in [3.05, 3.63) is 23.9 Å². The van der Waals surface area contributed by atoms with Crippen molar-refractivity contribution in [3.63, 3.8) is 0 Å². The van der Waals surface area contributed by atoms with Crippen LogP contribution in [0.2, 0.25) is 0 Å². The highest BCUT2D eigenvalue weighted by molar-refractivity contribution is 5.76. The van der Waals surface area contributed by atoms with Crippen molar-refractivity contribution in [2.75, 3.05) is 7.11 Å². The first-order chi connectivity index (χ1) is 7.17. The Morgan fingerprint density at radius 3 is 3.07 bits per heavy atom. The van der Waals surface area contributed by atoms with Gasteiger partial charge in [-0.2, -0.15) is 0 Å². The van der Waals surface area contributed by atoms with E-state index >= 15 is 0 Å². The molecule has 0 fully saturated rings. The molecule has 1 amide bonds. The van der Waals surface area contributed by atoms with Gasteiger partial charge in [0.15, 0.2) is 0 Å². The molecule has 82 valence electrons. The Morgan fingerprint density at radius 1 is 1.73 bits per heavy atom. The van der Waals surface area contributed by atoms with Crippen LogP contribution in [-0.4, -0.2) is 18.0 Å². The summed E-state index contributed by atoms with van der Waals surface area (Å²) in [7, 11) is 1.56. The zero-order chi connectivity index (χ0) is 11.3. The molecule has 5 nitrogen and oxygen atoms in total. The number of hydrogen-bond acceptors (Lipinski definition) is 4. The number of carbonyl (C=O) groups is 1. The van der Waals surface area contributed by atoms with Crippen LogP contribution in [0.3, 0.4) is 0 Å². The van der Waals surface area contributed by atoms with E-state index in [0.29, 0.717) is 12.3 Å². The van der Waals surface area contributed by atoms with Crippen molar-refractivity contribution >= 4 is 5.91 Å². The number of aromatic nitrogens is 1. The minimum Gasteiger partial charge on any atom is -0.481 e. The molecule has 0 radical (unpaired) electrons. The van der Waals surface area contributed by atoms with Crippen molar-refractivity contribution in [3.8, 4) is 5.88 Å². The number of methoxy groups -OCH3 is 1. The van der Waals surface area contributed by atoms with Crippen LogP contribution < -0.4 is 16.0 Å². The molecule has 1 heterocycles. The van der Waals surface area contributed by atoms with Crippen LogP contribution in [0.1, 0.15) is 24.8 Å². The summed E-state index contributed by atoms with van der Waals surface area (Å²) in [6.07, 6.45) is 2.01. The van der Waals surface area contributed by atoms with Crippen molar-refractivity contribution in [2.24, 2.45) is 5.84 Å². The molecule has 1 unspecified atom stereocenters. The first-order valence-corrected chi connectivity index (χ1v) is 4.66.